The summed E-state index contributed by atoms with van der Waals surface area (Å²) in [6, 6.07) is 0. The van der Waals surface area contributed by atoms with Crippen LogP contribution in [0.15, 0.2) is 19.9 Å². The molecular weight excluding hydrogens is 367 g/mol. The zero-order valence-electron chi connectivity index (χ0n) is 9.82. The van der Waals surface area contributed by atoms with Crippen LogP contribution in [0.5, 0.6) is 0 Å². The summed E-state index contributed by atoms with van der Waals surface area (Å²) >= 11 is 1.96. The van der Waals surface area contributed by atoms with E-state index in [1.54, 1.807) is 10.2 Å². The van der Waals surface area contributed by atoms with E-state index in [9.17, 15) is 14.7 Å². The molecule has 1 aromatic rings. The largest absolute Gasteiger partial charge is 0.394 e. The Balaban J connectivity index is 2.38. The molecule has 3 N–H and O–H groups in total. The Bertz CT molecular complexity index is 593. The Morgan fingerprint density at radius 2 is 2.32 bits per heavy atom. The van der Waals surface area contributed by atoms with Crippen LogP contribution in [0, 0.1) is 0 Å². The van der Waals surface area contributed by atoms with Crippen molar-refractivity contribution in [2.45, 2.75) is 24.9 Å². The fourth-order valence-corrected chi connectivity index (χ4v) is 2.34. The van der Waals surface area contributed by atoms with Gasteiger partial charge in [0.15, 0.2) is 0 Å². The molecule has 0 bridgehead atoms. The van der Waals surface area contributed by atoms with E-state index in [4.69, 9.17) is 9.84 Å². The Morgan fingerprint density at radius 3 is 2.89 bits per heavy atom. The van der Waals surface area contributed by atoms with E-state index in [1.807, 2.05) is 22.6 Å². The van der Waals surface area contributed by atoms with Gasteiger partial charge in [-0.2, -0.15) is 0 Å². The molecule has 8 heteroatoms. The monoisotopic (exact) mass is 380 g/mol. The predicted octanol–water partition coefficient (Wildman–Crippen LogP) is -0.417. The van der Waals surface area contributed by atoms with Gasteiger partial charge in [-0.15, -0.1) is 0 Å². The summed E-state index contributed by atoms with van der Waals surface area (Å²) in [7, 11) is 0. The molecule has 2 rings (SSSR count). The van der Waals surface area contributed by atoms with E-state index in [2.05, 4.69) is 4.98 Å². The second kappa shape index (κ2) is 5.99. The Morgan fingerprint density at radius 1 is 1.58 bits per heavy atom. The van der Waals surface area contributed by atoms with Crippen LogP contribution in [0.25, 0.3) is 6.08 Å². The van der Waals surface area contributed by atoms with Crippen LogP contribution in [0.3, 0.4) is 0 Å². The van der Waals surface area contributed by atoms with Crippen molar-refractivity contribution in [3.63, 3.8) is 0 Å². The van der Waals surface area contributed by atoms with E-state index >= 15 is 0 Å². The molecule has 0 saturated carbocycles. The van der Waals surface area contributed by atoms with E-state index in [0.29, 0.717) is 5.56 Å². The fraction of sp³-hybridized carbons (Fsp3) is 0.455. The number of ether oxygens (including phenoxy) is 1. The second-order valence-electron chi connectivity index (χ2n) is 4.16. The van der Waals surface area contributed by atoms with Gasteiger partial charge in [0.2, 0.25) is 0 Å². The summed E-state index contributed by atoms with van der Waals surface area (Å²) in [5.74, 6) is 0. The third-order valence-corrected chi connectivity index (χ3v) is 3.29. The lowest BCUT2D eigenvalue weighted by Gasteiger charge is -2.14. The number of rotatable bonds is 3. The minimum atomic E-state index is -0.836. The van der Waals surface area contributed by atoms with Crippen LogP contribution < -0.4 is 11.2 Å². The van der Waals surface area contributed by atoms with Gasteiger partial charge in [0.1, 0.15) is 12.3 Å². The van der Waals surface area contributed by atoms with Crippen molar-refractivity contribution in [3.05, 3.63) is 36.7 Å². The minimum absolute atomic E-state index is 0.185. The van der Waals surface area contributed by atoms with E-state index in [-0.39, 0.29) is 13.0 Å². The van der Waals surface area contributed by atoms with Crippen LogP contribution in [0.2, 0.25) is 0 Å². The predicted molar refractivity (Wildman–Crippen MR) is 76.0 cm³/mol. The maximum absolute atomic E-state index is 11.7. The van der Waals surface area contributed by atoms with Crippen molar-refractivity contribution in [2.24, 2.45) is 0 Å². The molecule has 0 unspecified atom stereocenters. The topological polar surface area (TPSA) is 105 Å². The molecule has 19 heavy (non-hydrogen) atoms. The maximum atomic E-state index is 11.7. The smallest absolute Gasteiger partial charge is 0.330 e. The molecular formula is C11H13IN2O5. The highest BCUT2D eigenvalue weighted by Crippen LogP contribution is 2.27. The first-order valence-electron chi connectivity index (χ1n) is 5.63. The molecule has 2 heterocycles. The van der Waals surface area contributed by atoms with Gasteiger partial charge in [-0.25, -0.2) is 4.79 Å². The highest BCUT2D eigenvalue weighted by molar-refractivity contribution is 14.1. The van der Waals surface area contributed by atoms with Crippen LogP contribution >= 0.6 is 22.6 Å². The van der Waals surface area contributed by atoms with Gasteiger partial charge in [-0.1, -0.05) is 22.6 Å². The number of halogens is 1. The van der Waals surface area contributed by atoms with Gasteiger partial charge in [-0.05, 0) is 10.2 Å². The molecule has 0 spiro atoms. The first-order chi connectivity index (χ1) is 9.06. The van der Waals surface area contributed by atoms with Crippen LogP contribution in [-0.2, 0) is 4.74 Å². The van der Waals surface area contributed by atoms with Crippen molar-refractivity contribution < 1.29 is 14.9 Å². The van der Waals surface area contributed by atoms with Crippen molar-refractivity contribution in [2.75, 3.05) is 6.61 Å². The van der Waals surface area contributed by atoms with E-state index in [1.165, 1.54) is 10.8 Å². The highest BCUT2D eigenvalue weighted by Gasteiger charge is 2.35. The van der Waals surface area contributed by atoms with Gasteiger partial charge >= 0.3 is 5.69 Å². The second-order valence-corrected chi connectivity index (χ2v) is 4.88. The normalized spacial score (nSPS) is 27.2. The molecule has 1 aliphatic heterocycles. The molecule has 1 aromatic heterocycles. The SMILES string of the molecule is O=c1[nH]c(=O)n([C@H]2C[C@@H](O)[C@@H](CO)O2)cc1/C=C/I. The summed E-state index contributed by atoms with van der Waals surface area (Å²) in [5, 5.41) is 18.7. The van der Waals surface area contributed by atoms with Crippen molar-refractivity contribution in [3.8, 4) is 0 Å². The molecule has 0 amide bonds. The summed E-state index contributed by atoms with van der Waals surface area (Å²) in [5.41, 5.74) is -0.766. The summed E-state index contributed by atoms with van der Waals surface area (Å²) in [6.45, 7) is -0.323. The van der Waals surface area contributed by atoms with E-state index < -0.39 is 29.7 Å². The molecule has 1 fully saturated rings. The van der Waals surface area contributed by atoms with Crippen LogP contribution in [0.4, 0.5) is 0 Å². The van der Waals surface area contributed by atoms with Gasteiger partial charge in [0, 0.05) is 12.6 Å². The molecule has 0 radical (unpaired) electrons. The quantitative estimate of drug-likeness (QED) is 0.619. The van der Waals surface area contributed by atoms with Crippen molar-refractivity contribution >= 4 is 28.7 Å². The summed E-state index contributed by atoms with van der Waals surface area (Å²) in [6.07, 6.45) is 0.880. The number of hydrogen-bond acceptors (Lipinski definition) is 5. The van der Waals surface area contributed by atoms with Crippen molar-refractivity contribution in [1.29, 1.82) is 0 Å². The molecule has 104 valence electrons. The molecule has 1 saturated heterocycles. The molecule has 0 aliphatic carbocycles. The Kier molecular flexibility index (Phi) is 4.55. The van der Waals surface area contributed by atoms with Gasteiger partial charge in [0.25, 0.3) is 5.56 Å². The molecule has 7 nitrogen and oxygen atoms in total. The highest BCUT2D eigenvalue weighted by atomic mass is 127. The number of aromatic amines is 1. The molecule has 3 atom stereocenters. The number of nitrogens with one attached hydrogen (secondary N) is 1. The average Bonchev–Trinajstić information content (AvgIpc) is 2.74. The minimum Gasteiger partial charge on any atom is -0.394 e. The number of aromatic nitrogens is 2. The third-order valence-electron chi connectivity index (χ3n) is 2.93. The average molecular weight is 380 g/mol. The van der Waals surface area contributed by atoms with Crippen LogP contribution in [0.1, 0.15) is 18.2 Å². The number of hydrogen-bond donors (Lipinski definition) is 3. The maximum Gasteiger partial charge on any atom is 0.330 e. The van der Waals surface area contributed by atoms with E-state index in [0.717, 1.165) is 0 Å². The number of aliphatic hydroxyl groups excluding tert-OH is 2. The van der Waals surface area contributed by atoms with Crippen LogP contribution in [-0.4, -0.2) is 38.6 Å². The number of aliphatic hydroxyl groups is 2. The van der Waals surface area contributed by atoms with Gasteiger partial charge in [-0.3, -0.25) is 14.3 Å². The fourth-order valence-electron chi connectivity index (χ4n) is 1.95. The lowest BCUT2D eigenvalue weighted by Crippen LogP contribution is -2.33. The summed E-state index contributed by atoms with van der Waals surface area (Å²) < 4.78 is 8.24. The lowest BCUT2D eigenvalue weighted by atomic mass is 10.2. The first kappa shape index (κ1) is 14.4. The molecule has 1 aliphatic rings. The van der Waals surface area contributed by atoms with Crippen molar-refractivity contribution in [1.82, 2.24) is 9.55 Å². The zero-order valence-corrected chi connectivity index (χ0v) is 12.0. The lowest BCUT2D eigenvalue weighted by molar-refractivity contribution is -0.0459. The number of H-pyrrole nitrogens is 1. The van der Waals surface area contributed by atoms with Gasteiger partial charge < -0.3 is 14.9 Å². The zero-order chi connectivity index (χ0) is 14.0. The number of nitrogens with zero attached hydrogens (tertiary/aromatic N) is 1. The molecule has 0 aromatic carbocycles. The third kappa shape index (κ3) is 2.96. The Labute approximate surface area is 121 Å². The summed E-state index contributed by atoms with van der Waals surface area (Å²) in [4.78, 5) is 25.5. The van der Waals surface area contributed by atoms with Gasteiger partial charge in [0.05, 0.1) is 18.3 Å². The standard InChI is InChI=1S/C11H13IN2O5/c12-2-1-6-4-14(11(18)13-10(6)17)9-3-7(16)8(5-15)19-9/h1-2,4,7-9,15-16H,3,5H2,(H,13,17,18)/b2-1+/t7-,8-,9-/m1/s1. The first-order valence-corrected chi connectivity index (χ1v) is 6.88. The Hall–Kier alpha value is -0.970.